The van der Waals surface area contributed by atoms with Gasteiger partial charge in [-0.15, -0.1) is 0 Å². The van der Waals surface area contributed by atoms with E-state index >= 15 is 0 Å². The topological polar surface area (TPSA) is 58.2 Å². The Kier molecular flexibility index (Phi) is 5.89. The third-order valence-corrected chi connectivity index (χ3v) is 3.38. The summed E-state index contributed by atoms with van der Waals surface area (Å²) in [5.74, 6) is -0.948. The van der Waals surface area contributed by atoms with Crippen LogP contribution in [0.25, 0.3) is 0 Å². The van der Waals surface area contributed by atoms with Crippen molar-refractivity contribution in [1.29, 1.82) is 0 Å². The maximum atomic E-state index is 13.5. The van der Waals surface area contributed by atoms with Gasteiger partial charge >= 0.3 is 0 Å². The van der Waals surface area contributed by atoms with Crippen molar-refractivity contribution in [3.63, 3.8) is 0 Å². The van der Waals surface area contributed by atoms with Crippen LogP contribution in [0.1, 0.15) is 33.3 Å². The first-order valence-electron chi connectivity index (χ1n) is 6.64. The van der Waals surface area contributed by atoms with Crippen molar-refractivity contribution in [3.8, 4) is 0 Å². The Bertz CT molecular complexity index is 541. The van der Waals surface area contributed by atoms with Crippen molar-refractivity contribution in [2.24, 2.45) is 5.41 Å². The molecule has 0 fully saturated rings. The second kappa shape index (κ2) is 7.02. The van der Waals surface area contributed by atoms with Gasteiger partial charge in [0.15, 0.2) is 0 Å². The summed E-state index contributed by atoms with van der Waals surface area (Å²) in [5, 5.41) is 5.24. The van der Waals surface area contributed by atoms with Crippen molar-refractivity contribution in [2.75, 3.05) is 0 Å². The highest BCUT2D eigenvalue weighted by molar-refractivity contribution is 9.10. The number of nitrogens with one attached hydrogen (secondary N) is 2. The first kappa shape index (κ1) is 17.6. The number of carbonyl (C=O) groups is 2. The SMILES string of the molecule is CC(NC(=O)C(C)(C)C)C(=O)NCc1cc(Br)ccc1F. The number of halogens is 2. The Labute approximate surface area is 132 Å². The molecule has 21 heavy (non-hydrogen) atoms. The summed E-state index contributed by atoms with van der Waals surface area (Å²) in [7, 11) is 0. The lowest BCUT2D eigenvalue weighted by Crippen LogP contribution is -2.48. The van der Waals surface area contributed by atoms with E-state index < -0.39 is 11.5 Å². The summed E-state index contributed by atoms with van der Waals surface area (Å²) in [6.45, 7) is 6.97. The van der Waals surface area contributed by atoms with Crippen LogP contribution >= 0.6 is 15.9 Å². The molecule has 6 heteroatoms. The zero-order valence-corrected chi connectivity index (χ0v) is 14.2. The van der Waals surface area contributed by atoms with Gasteiger partial charge in [0.1, 0.15) is 11.9 Å². The van der Waals surface area contributed by atoms with Crippen LogP contribution in [0.5, 0.6) is 0 Å². The quantitative estimate of drug-likeness (QED) is 0.869. The molecule has 0 saturated carbocycles. The maximum absolute atomic E-state index is 13.5. The molecule has 0 bridgehead atoms. The predicted molar refractivity (Wildman–Crippen MR) is 83.0 cm³/mol. The van der Waals surface area contributed by atoms with Gasteiger partial charge in [-0.25, -0.2) is 4.39 Å². The van der Waals surface area contributed by atoms with Crippen LogP contribution < -0.4 is 10.6 Å². The van der Waals surface area contributed by atoms with E-state index in [0.29, 0.717) is 5.56 Å². The van der Waals surface area contributed by atoms with Crippen LogP contribution in [-0.4, -0.2) is 17.9 Å². The Morgan fingerprint density at radius 1 is 1.33 bits per heavy atom. The van der Waals surface area contributed by atoms with Crippen molar-refractivity contribution < 1.29 is 14.0 Å². The first-order chi connectivity index (χ1) is 9.61. The molecule has 0 radical (unpaired) electrons. The summed E-state index contributed by atoms with van der Waals surface area (Å²) in [6.07, 6.45) is 0. The van der Waals surface area contributed by atoms with Crippen LogP contribution in [0.2, 0.25) is 0 Å². The highest BCUT2D eigenvalue weighted by Crippen LogP contribution is 2.15. The van der Waals surface area contributed by atoms with Gasteiger partial charge in [-0.2, -0.15) is 0 Å². The van der Waals surface area contributed by atoms with Crippen molar-refractivity contribution in [3.05, 3.63) is 34.1 Å². The minimum absolute atomic E-state index is 0.0693. The molecule has 1 aromatic carbocycles. The van der Waals surface area contributed by atoms with Crippen LogP contribution in [0, 0.1) is 11.2 Å². The van der Waals surface area contributed by atoms with E-state index in [1.807, 2.05) is 0 Å². The lowest BCUT2D eigenvalue weighted by Gasteiger charge is -2.21. The molecule has 4 nitrogen and oxygen atoms in total. The van der Waals surface area contributed by atoms with Gasteiger partial charge in [-0.05, 0) is 25.1 Å². The molecule has 0 aliphatic rings. The van der Waals surface area contributed by atoms with Crippen LogP contribution in [0.3, 0.4) is 0 Å². The molecule has 1 aromatic rings. The smallest absolute Gasteiger partial charge is 0.242 e. The van der Waals surface area contributed by atoms with E-state index in [1.165, 1.54) is 6.07 Å². The Morgan fingerprint density at radius 2 is 1.95 bits per heavy atom. The molecule has 0 aromatic heterocycles. The second-order valence-corrected chi connectivity index (χ2v) is 6.81. The average Bonchev–Trinajstić information content (AvgIpc) is 2.38. The molecular weight excluding hydrogens is 339 g/mol. The number of rotatable bonds is 4. The van der Waals surface area contributed by atoms with Gasteiger partial charge in [0.2, 0.25) is 11.8 Å². The molecule has 0 aliphatic heterocycles. The fourth-order valence-electron chi connectivity index (χ4n) is 1.49. The van der Waals surface area contributed by atoms with Gasteiger partial charge in [0.25, 0.3) is 0 Å². The molecule has 2 amide bonds. The Balaban J connectivity index is 2.57. The van der Waals surface area contributed by atoms with Gasteiger partial charge < -0.3 is 10.6 Å². The van der Waals surface area contributed by atoms with Gasteiger partial charge in [0.05, 0.1) is 0 Å². The van der Waals surface area contributed by atoms with Crippen molar-refractivity contribution in [1.82, 2.24) is 10.6 Å². The highest BCUT2D eigenvalue weighted by Gasteiger charge is 2.24. The molecule has 2 N–H and O–H groups in total. The van der Waals surface area contributed by atoms with Crippen molar-refractivity contribution >= 4 is 27.7 Å². The van der Waals surface area contributed by atoms with Crippen LogP contribution in [-0.2, 0) is 16.1 Å². The molecular formula is C15H20BrFN2O2. The summed E-state index contributed by atoms with van der Waals surface area (Å²) in [5.41, 5.74) is -0.183. The van der Waals surface area contributed by atoms with Gasteiger partial charge in [-0.3, -0.25) is 9.59 Å². The average molecular weight is 359 g/mol. The van der Waals surface area contributed by atoms with E-state index in [2.05, 4.69) is 26.6 Å². The normalized spacial score (nSPS) is 12.7. The number of hydrogen-bond acceptors (Lipinski definition) is 2. The molecule has 116 valence electrons. The van der Waals surface area contributed by atoms with E-state index in [-0.39, 0.29) is 24.2 Å². The number of benzene rings is 1. The summed E-state index contributed by atoms with van der Waals surface area (Å²) in [4.78, 5) is 23.7. The fraction of sp³-hybridized carbons (Fsp3) is 0.467. The van der Waals surface area contributed by atoms with Crippen molar-refractivity contribution in [2.45, 2.75) is 40.3 Å². The monoisotopic (exact) mass is 358 g/mol. The standard InChI is InChI=1S/C15H20BrFN2O2/c1-9(19-14(21)15(2,3)4)13(20)18-8-10-7-11(16)5-6-12(10)17/h5-7,9H,8H2,1-4H3,(H,18,20)(H,19,21). The summed E-state index contributed by atoms with van der Waals surface area (Å²) in [6, 6.07) is 3.85. The molecule has 1 atom stereocenters. The molecule has 0 saturated heterocycles. The Morgan fingerprint density at radius 3 is 2.52 bits per heavy atom. The predicted octanol–water partition coefficient (Wildman–Crippen LogP) is 2.76. The van der Waals surface area contributed by atoms with E-state index in [4.69, 9.17) is 0 Å². The maximum Gasteiger partial charge on any atom is 0.242 e. The minimum atomic E-state index is -0.674. The number of carbonyl (C=O) groups excluding carboxylic acids is 2. The van der Waals surface area contributed by atoms with Gasteiger partial charge in [0, 0.05) is 22.0 Å². The molecule has 0 aliphatic carbocycles. The minimum Gasteiger partial charge on any atom is -0.350 e. The number of amides is 2. The molecule has 1 rings (SSSR count). The highest BCUT2D eigenvalue weighted by atomic mass is 79.9. The second-order valence-electron chi connectivity index (χ2n) is 5.90. The summed E-state index contributed by atoms with van der Waals surface area (Å²) >= 11 is 3.25. The molecule has 1 unspecified atom stereocenters. The first-order valence-corrected chi connectivity index (χ1v) is 7.43. The van der Waals surface area contributed by atoms with Crippen LogP contribution in [0.4, 0.5) is 4.39 Å². The molecule has 0 heterocycles. The molecule has 0 spiro atoms. The number of hydrogen-bond donors (Lipinski definition) is 2. The Hall–Kier alpha value is -1.43. The zero-order valence-electron chi connectivity index (χ0n) is 12.6. The van der Waals surface area contributed by atoms with E-state index in [1.54, 1.807) is 39.8 Å². The van der Waals surface area contributed by atoms with E-state index in [9.17, 15) is 14.0 Å². The van der Waals surface area contributed by atoms with Gasteiger partial charge in [-0.1, -0.05) is 36.7 Å². The lowest BCUT2D eigenvalue weighted by molar-refractivity contribution is -0.133. The third kappa shape index (κ3) is 5.46. The zero-order chi connectivity index (χ0) is 16.2. The largest absolute Gasteiger partial charge is 0.350 e. The van der Waals surface area contributed by atoms with Crippen LogP contribution in [0.15, 0.2) is 22.7 Å². The van der Waals surface area contributed by atoms with E-state index in [0.717, 1.165) is 4.47 Å². The third-order valence-electron chi connectivity index (χ3n) is 2.88. The fourth-order valence-corrected chi connectivity index (χ4v) is 1.90. The summed E-state index contributed by atoms with van der Waals surface area (Å²) < 4.78 is 14.3. The lowest BCUT2D eigenvalue weighted by atomic mass is 9.95.